The second-order valence-corrected chi connectivity index (χ2v) is 6.03. The first-order valence-electron chi connectivity index (χ1n) is 8.46. The standard InChI is InChI=1S/C18H28N2O2/c1-2-20(17-10-6-7-11-17)18(22)19-14-16(12-13-21)15-8-4-3-5-9-15/h3-5,8-9,16-17,21H,2,6-7,10-14H2,1H3,(H,19,22). The molecule has 0 aromatic heterocycles. The molecule has 0 saturated heterocycles. The number of nitrogens with zero attached hydrogens (tertiary/aromatic N) is 1. The Morgan fingerprint density at radius 1 is 1.32 bits per heavy atom. The molecule has 2 N–H and O–H groups in total. The maximum atomic E-state index is 12.5. The third kappa shape index (κ3) is 4.47. The highest BCUT2D eigenvalue weighted by molar-refractivity contribution is 5.74. The smallest absolute Gasteiger partial charge is 0.317 e. The van der Waals surface area contributed by atoms with Crippen LogP contribution in [0.2, 0.25) is 0 Å². The molecule has 1 aromatic rings. The van der Waals surface area contributed by atoms with Crippen molar-refractivity contribution < 1.29 is 9.90 Å². The lowest BCUT2D eigenvalue weighted by atomic mass is 9.96. The van der Waals surface area contributed by atoms with Gasteiger partial charge in [0.2, 0.25) is 0 Å². The summed E-state index contributed by atoms with van der Waals surface area (Å²) in [6.45, 7) is 3.51. The summed E-state index contributed by atoms with van der Waals surface area (Å²) in [4.78, 5) is 14.4. The normalized spacial score (nSPS) is 16.5. The fraction of sp³-hybridized carbons (Fsp3) is 0.611. The highest BCUT2D eigenvalue weighted by atomic mass is 16.3. The molecular formula is C18H28N2O2. The van der Waals surface area contributed by atoms with E-state index in [0.29, 0.717) is 19.0 Å². The summed E-state index contributed by atoms with van der Waals surface area (Å²) in [6.07, 6.45) is 5.37. The first-order valence-corrected chi connectivity index (χ1v) is 8.46. The molecule has 0 radical (unpaired) electrons. The number of hydrogen-bond donors (Lipinski definition) is 2. The lowest BCUT2D eigenvalue weighted by molar-refractivity contribution is 0.177. The molecule has 2 rings (SSSR count). The third-order valence-electron chi connectivity index (χ3n) is 4.62. The van der Waals surface area contributed by atoms with E-state index in [2.05, 4.69) is 17.4 Å². The Kier molecular flexibility index (Phi) is 6.72. The molecule has 0 aliphatic heterocycles. The van der Waals surface area contributed by atoms with Crippen LogP contribution in [0.3, 0.4) is 0 Å². The molecule has 0 bridgehead atoms. The monoisotopic (exact) mass is 304 g/mol. The fourth-order valence-electron chi connectivity index (χ4n) is 3.36. The van der Waals surface area contributed by atoms with E-state index in [1.807, 2.05) is 30.0 Å². The number of aliphatic hydroxyl groups is 1. The van der Waals surface area contributed by atoms with E-state index in [-0.39, 0.29) is 18.6 Å². The quantitative estimate of drug-likeness (QED) is 0.813. The number of carbonyl (C=O) groups is 1. The van der Waals surface area contributed by atoms with Gasteiger partial charge in [-0.2, -0.15) is 0 Å². The van der Waals surface area contributed by atoms with Crippen molar-refractivity contribution >= 4 is 6.03 Å². The summed E-state index contributed by atoms with van der Waals surface area (Å²) in [5.74, 6) is 0.164. The Morgan fingerprint density at radius 3 is 2.59 bits per heavy atom. The average Bonchev–Trinajstić information content (AvgIpc) is 3.07. The molecule has 1 aliphatic rings. The van der Waals surface area contributed by atoms with E-state index >= 15 is 0 Å². The molecule has 22 heavy (non-hydrogen) atoms. The van der Waals surface area contributed by atoms with Crippen LogP contribution in [0.5, 0.6) is 0 Å². The van der Waals surface area contributed by atoms with Gasteiger partial charge in [-0.3, -0.25) is 0 Å². The summed E-state index contributed by atoms with van der Waals surface area (Å²) in [5.41, 5.74) is 1.17. The van der Waals surface area contributed by atoms with Crippen LogP contribution in [0.15, 0.2) is 30.3 Å². The van der Waals surface area contributed by atoms with Gasteiger partial charge >= 0.3 is 6.03 Å². The van der Waals surface area contributed by atoms with Crippen LogP contribution < -0.4 is 5.32 Å². The predicted molar refractivity (Wildman–Crippen MR) is 88.9 cm³/mol. The molecule has 1 saturated carbocycles. The Bertz CT molecular complexity index is 444. The highest BCUT2D eigenvalue weighted by Gasteiger charge is 2.25. The molecule has 0 spiro atoms. The van der Waals surface area contributed by atoms with Crippen molar-refractivity contribution in [2.24, 2.45) is 0 Å². The molecular weight excluding hydrogens is 276 g/mol. The van der Waals surface area contributed by atoms with Crippen molar-refractivity contribution in [3.05, 3.63) is 35.9 Å². The second kappa shape index (κ2) is 8.79. The van der Waals surface area contributed by atoms with Gasteiger partial charge in [0, 0.05) is 31.7 Å². The Labute approximate surface area is 133 Å². The second-order valence-electron chi connectivity index (χ2n) is 6.03. The zero-order valence-corrected chi connectivity index (χ0v) is 13.5. The van der Waals surface area contributed by atoms with Crippen LogP contribution in [-0.4, -0.2) is 41.8 Å². The van der Waals surface area contributed by atoms with Gasteiger partial charge in [-0.25, -0.2) is 4.79 Å². The molecule has 1 fully saturated rings. The van der Waals surface area contributed by atoms with Gasteiger partial charge in [-0.1, -0.05) is 43.2 Å². The number of aliphatic hydroxyl groups excluding tert-OH is 1. The molecule has 122 valence electrons. The Hall–Kier alpha value is -1.55. The largest absolute Gasteiger partial charge is 0.396 e. The lowest BCUT2D eigenvalue weighted by Gasteiger charge is -2.29. The summed E-state index contributed by atoms with van der Waals surface area (Å²) in [5, 5.41) is 12.3. The summed E-state index contributed by atoms with van der Waals surface area (Å²) >= 11 is 0. The summed E-state index contributed by atoms with van der Waals surface area (Å²) < 4.78 is 0. The van der Waals surface area contributed by atoms with Gasteiger partial charge in [-0.05, 0) is 31.7 Å². The highest BCUT2D eigenvalue weighted by Crippen LogP contribution is 2.23. The average molecular weight is 304 g/mol. The van der Waals surface area contributed by atoms with Crippen molar-refractivity contribution in [1.82, 2.24) is 10.2 Å². The Morgan fingerprint density at radius 2 is 2.00 bits per heavy atom. The van der Waals surface area contributed by atoms with Crippen LogP contribution in [0.25, 0.3) is 0 Å². The number of urea groups is 1. The van der Waals surface area contributed by atoms with Gasteiger partial charge < -0.3 is 15.3 Å². The maximum Gasteiger partial charge on any atom is 0.317 e. The van der Waals surface area contributed by atoms with Crippen LogP contribution in [0.1, 0.15) is 50.5 Å². The van der Waals surface area contributed by atoms with Gasteiger partial charge in [-0.15, -0.1) is 0 Å². The fourth-order valence-corrected chi connectivity index (χ4v) is 3.36. The van der Waals surface area contributed by atoms with Crippen LogP contribution in [0.4, 0.5) is 4.79 Å². The van der Waals surface area contributed by atoms with Crippen LogP contribution >= 0.6 is 0 Å². The van der Waals surface area contributed by atoms with Gasteiger partial charge in [0.05, 0.1) is 0 Å². The molecule has 4 heteroatoms. The first kappa shape index (κ1) is 16.8. The van der Waals surface area contributed by atoms with Crippen molar-refractivity contribution in [2.45, 2.75) is 51.0 Å². The summed E-state index contributed by atoms with van der Waals surface area (Å²) in [7, 11) is 0. The van der Waals surface area contributed by atoms with E-state index in [1.165, 1.54) is 18.4 Å². The minimum atomic E-state index is 0.0354. The number of hydrogen-bond acceptors (Lipinski definition) is 2. The molecule has 4 nitrogen and oxygen atoms in total. The zero-order chi connectivity index (χ0) is 15.8. The van der Waals surface area contributed by atoms with Crippen molar-refractivity contribution in [2.75, 3.05) is 19.7 Å². The molecule has 0 heterocycles. The number of nitrogens with one attached hydrogen (secondary N) is 1. The van der Waals surface area contributed by atoms with Gasteiger partial charge in [0.25, 0.3) is 0 Å². The van der Waals surface area contributed by atoms with E-state index in [9.17, 15) is 9.90 Å². The van der Waals surface area contributed by atoms with E-state index in [1.54, 1.807) is 0 Å². The number of rotatable bonds is 7. The van der Waals surface area contributed by atoms with Crippen molar-refractivity contribution in [3.8, 4) is 0 Å². The number of benzene rings is 1. The van der Waals surface area contributed by atoms with Crippen LogP contribution in [-0.2, 0) is 0 Å². The topological polar surface area (TPSA) is 52.6 Å². The van der Waals surface area contributed by atoms with Crippen molar-refractivity contribution in [1.29, 1.82) is 0 Å². The zero-order valence-electron chi connectivity index (χ0n) is 13.5. The van der Waals surface area contributed by atoms with Crippen molar-refractivity contribution in [3.63, 3.8) is 0 Å². The SMILES string of the molecule is CCN(C(=O)NCC(CCO)c1ccccc1)C1CCCC1. The minimum absolute atomic E-state index is 0.0354. The number of carbonyl (C=O) groups excluding carboxylic acids is 1. The molecule has 1 aromatic carbocycles. The van der Waals surface area contributed by atoms with E-state index in [0.717, 1.165) is 19.4 Å². The molecule has 1 unspecified atom stereocenters. The lowest BCUT2D eigenvalue weighted by Crippen LogP contribution is -2.46. The third-order valence-corrected chi connectivity index (χ3v) is 4.62. The van der Waals surface area contributed by atoms with E-state index in [4.69, 9.17) is 0 Å². The first-order chi connectivity index (χ1) is 10.8. The molecule has 2 amide bonds. The van der Waals surface area contributed by atoms with Gasteiger partial charge in [0.1, 0.15) is 0 Å². The maximum absolute atomic E-state index is 12.5. The molecule has 1 atom stereocenters. The summed E-state index contributed by atoms with van der Waals surface area (Å²) in [6, 6.07) is 10.5. The predicted octanol–water partition coefficient (Wildman–Crippen LogP) is 3.13. The number of amides is 2. The van der Waals surface area contributed by atoms with E-state index < -0.39 is 0 Å². The minimum Gasteiger partial charge on any atom is -0.396 e. The molecule has 1 aliphatic carbocycles. The Balaban J connectivity index is 1.91. The van der Waals surface area contributed by atoms with Gasteiger partial charge in [0.15, 0.2) is 0 Å². The van der Waals surface area contributed by atoms with Crippen LogP contribution in [0, 0.1) is 0 Å².